The van der Waals surface area contributed by atoms with E-state index in [2.05, 4.69) is 35.0 Å². The number of benzene rings is 2. The SMILES string of the molecule is CC[C@@H](c1ccc(Br)cc1)N1CC[C@](C)(c2ccccc2)OC1=O. The summed E-state index contributed by atoms with van der Waals surface area (Å²) in [5.41, 5.74) is 1.64. The molecule has 0 spiro atoms. The van der Waals surface area contributed by atoms with Gasteiger partial charge < -0.3 is 9.64 Å². The molecule has 0 bridgehead atoms. The Morgan fingerprint density at radius 3 is 2.42 bits per heavy atom. The first kappa shape index (κ1) is 17.0. The van der Waals surface area contributed by atoms with Crippen LogP contribution >= 0.6 is 15.9 Å². The van der Waals surface area contributed by atoms with Crippen molar-refractivity contribution < 1.29 is 9.53 Å². The molecule has 0 saturated carbocycles. The predicted molar refractivity (Wildman–Crippen MR) is 98.8 cm³/mol. The first-order chi connectivity index (χ1) is 11.5. The number of cyclic esters (lactones) is 1. The van der Waals surface area contributed by atoms with Gasteiger partial charge in [0.1, 0.15) is 5.60 Å². The van der Waals surface area contributed by atoms with E-state index < -0.39 is 5.60 Å². The van der Waals surface area contributed by atoms with Gasteiger partial charge in [0.2, 0.25) is 0 Å². The molecule has 0 aromatic heterocycles. The van der Waals surface area contributed by atoms with E-state index in [9.17, 15) is 4.79 Å². The van der Waals surface area contributed by atoms with Crippen molar-refractivity contribution in [3.8, 4) is 0 Å². The van der Waals surface area contributed by atoms with E-state index in [4.69, 9.17) is 4.74 Å². The number of ether oxygens (including phenoxy) is 1. The molecule has 1 fully saturated rings. The van der Waals surface area contributed by atoms with Crippen molar-refractivity contribution in [1.29, 1.82) is 0 Å². The minimum Gasteiger partial charge on any atom is -0.438 e. The van der Waals surface area contributed by atoms with Crippen LogP contribution in [0.15, 0.2) is 59.1 Å². The van der Waals surface area contributed by atoms with Gasteiger partial charge in [-0.25, -0.2) is 4.79 Å². The molecule has 126 valence electrons. The number of carbonyl (C=O) groups excluding carboxylic acids is 1. The van der Waals surface area contributed by atoms with E-state index >= 15 is 0 Å². The highest BCUT2D eigenvalue weighted by Crippen LogP contribution is 2.37. The number of rotatable bonds is 4. The Hall–Kier alpha value is -1.81. The Balaban J connectivity index is 1.80. The summed E-state index contributed by atoms with van der Waals surface area (Å²) in [4.78, 5) is 14.6. The normalized spacial score (nSPS) is 22.1. The molecular weight excluding hydrogens is 366 g/mol. The molecule has 1 aliphatic rings. The third-order valence-corrected chi connectivity index (χ3v) is 5.31. The minimum absolute atomic E-state index is 0.0472. The van der Waals surface area contributed by atoms with E-state index in [0.29, 0.717) is 6.54 Å². The molecule has 2 aromatic carbocycles. The van der Waals surface area contributed by atoms with E-state index in [-0.39, 0.29) is 12.1 Å². The van der Waals surface area contributed by atoms with Gasteiger partial charge in [-0.15, -0.1) is 0 Å². The maximum atomic E-state index is 12.7. The van der Waals surface area contributed by atoms with Crippen molar-refractivity contribution in [2.75, 3.05) is 6.54 Å². The lowest BCUT2D eigenvalue weighted by molar-refractivity contribution is -0.0511. The van der Waals surface area contributed by atoms with Crippen LogP contribution in [0.5, 0.6) is 0 Å². The van der Waals surface area contributed by atoms with Gasteiger partial charge in [-0.2, -0.15) is 0 Å². The molecule has 1 amide bonds. The highest BCUT2D eigenvalue weighted by molar-refractivity contribution is 9.10. The number of amides is 1. The third-order valence-electron chi connectivity index (χ3n) is 4.78. The van der Waals surface area contributed by atoms with Gasteiger partial charge in [-0.3, -0.25) is 0 Å². The monoisotopic (exact) mass is 387 g/mol. The van der Waals surface area contributed by atoms with Crippen LogP contribution in [-0.2, 0) is 10.3 Å². The van der Waals surface area contributed by atoms with Gasteiger partial charge >= 0.3 is 6.09 Å². The van der Waals surface area contributed by atoms with Gasteiger partial charge in [0.15, 0.2) is 0 Å². The third kappa shape index (κ3) is 3.34. The zero-order chi connectivity index (χ0) is 17.2. The lowest BCUT2D eigenvalue weighted by Gasteiger charge is -2.42. The number of hydrogen-bond donors (Lipinski definition) is 0. The van der Waals surface area contributed by atoms with Crippen LogP contribution in [0, 0.1) is 0 Å². The number of halogens is 1. The summed E-state index contributed by atoms with van der Waals surface area (Å²) in [5.74, 6) is 0. The second kappa shape index (κ2) is 6.98. The predicted octanol–water partition coefficient (Wildman–Crippen LogP) is 5.66. The van der Waals surface area contributed by atoms with Crippen LogP contribution < -0.4 is 0 Å². The highest BCUT2D eigenvalue weighted by Gasteiger charge is 2.40. The van der Waals surface area contributed by atoms with Crippen LogP contribution in [0.2, 0.25) is 0 Å². The quantitative estimate of drug-likeness (QED) is 0.677. The fourth-order valence-corrected chi connectivity index (χ4v) is 3.59. The van der Waals surface area contributed by atoms with E-state index in [1.807, 2.05) is 54.3 Å². The number of nitrogens with zero attached hydrogens (tertiary/aromatic N) is 1. The summed E-state index contributed by atoms with van der Waals surface area (Å²) in [6.45, 7) is 4.79. The van der Waals surface area contributed by atoms with Crippen LogP contribution in [0.3, 0.4) is 0 Å². The molecule has 0 aliphatic carbocycles. The van der Waals surface area contributed by atoms with E-state index in [0.717, 1.165) is 28.4 Å². The smallest absolute Gasteiger partial charge is 0.411 e. The van der Waals surface area contributed by atoms with Crippen molar-refractivity contribution in [2.45, 2.75) is 38.3 Å². The first-order valence-electron chi connectivity index (χ1n) is 8.34. The second-order valence-corrected chi connectivity index (χ2v) is 7.30. The molecule has 2 aromatic rings. The standard InChI is InChI=1S/C20H22BrNO2/c1-3-18(15-9-11-17(21)12-10-15)22-14-13-20(2,24-19(22)23)16-7-5-4-6-8-16/h4-12,18H,3,13-14H2,1-2H3/t18-,20+/m0/s1. The largest absolute Gasteiger partial charge is 0.438 e. The maximum Gasteiger partial charge on any atom is 0.411 e. The molecule has 1 aliphatic heterocycles. The number of carbonyl (C=O) groups is 1. The van der Waals surface area contributed by atoms with Crippen molar-refractivity contribution in [3.63, 3.8) is 0 Å². The summed E-state index contributed by atoms with van der Waals surface area (Å²) in [7, 11) is 0. The van der Waals surface area contributed by atoms with Gasteiger partial charge in [0.05, 0.1) is 6.04 Å². The summed E-state index contributed by atoms with van der Waals surface area (Å²) >= 11 is 3.46. The molecular formula is C20H22BrNO2. The average molecular weight is 388 g/mol. The van der Waals surface area contributed by atoms with Crippen LogP contribution in [-0.4, -0.2) is 17.5 Å². The van der Waals surface area contributed by atoms with Crippen LogP contribution in [0.4, 0.5) is 4.79 Å². The summed E-state index contributed by atoms with van der Waals surface area (Å²) in [6, 6.07) is 18.2. The maximum absolute atomic E-state index is 12.7. The molecule has 24 heavy (non-hydrogen) atoms. The summed E-state index contributed by atoms with van der Waals surface area (Å²) in [5, 5.41) is 0. The van der Waals surface area contributed by atoms with Gasteiger partial charge in [0, 0.05) is 17.4 Å². The van der Waals surface area contributed by atoms with E-state index in [1.165, 1.54) is 0 Å². The van der Waals surface area contributed by atoms with Crippen molar-refractivity contribution in [3.05, 3.63) is 70.2 Å². The van der Waals surface area contributed by atoms with Crippen molar-refractivity contribution in [2.24, 2.45) is 0 Å². The zero-order valence-electron chi connectivity index (χ0n) is 14.0. The van der Waals surface area contributed by atoms with Gasteiger partial charge in [-0.05, 0) is 36.6 Å². The molecule has 3 rings (SSSR count). The Morgan fingerprint density at radius 1 is 1.17 bits per heavy atom. The lowest BCUT2D eigenvalue weighted by atomic mass is 9.90. The molecule has 0 unspecified atom stereocenters. The Labute approximate surface area is 151 Å². The molecule has 0 N–H and O–H groups in total. The Bertz CT molecular complexity index is 701. The van der Waals surface area contributed by atoms with Crippen molar-refractivity contribution in [1.82, 2.24) is 4.90 Å². The molecule has 4 heteroatoms. The molecule has 3 nitrogen and oxygen atoms in total. The number of hydrogen-bond acceptors (Lipinski definition) is 2. The second-order valence-electron chi connectivity index (χ2n) is 6.38. The Morgan fingerprint density at radius 2 is 1.83 bits per heavy atom. The average Bonchev–Trinajstić information content (AvgIpc) is 2.60. The summed E-state index contributed by atoms with van der Waals surface area (Å²) in [6.07, 6.45) is 1.41. The van der Waals surface area contributed by atoms with Crippen molar-refractivity contribution >= 4 is 22.0 Å². The fraction of sp³-hybridized carbons (Fsp3) is 0.350. The minimum atomic E-state index is -0.549. The molecule has 2 atom stereocenters. The zero-order valence-corrected chi connectivity index (χ0v) is 15.6. The lowest BCUT2D eigenvalue weighted by Crippen LogP contribution is -2.47. The fourth-order valence-electron chi connectivity index (χ4n) is 3.33. The first-order valence-corrected chi connectivity index (χ1v) is 9.13. The van der Waals surface area contributed by atoms with Gasteiger partial charge in [0.25, 0.3) is 0 Å². The Kier molecular flexibility index (Phi) is 4.95. The topological polar surface area (TPSA) is 29.5 Å². The van der Waals surface area contributed by atoms with Gasteiger partial charge in [-0.1, -0.05) is 65.3 Å². The van der Waals surface area contributed by atoms with Crippen LogP contribution in [0.25, 0.3) is 0 Å². The highest BCUT2D eigenvalue weighted by atomic mass is 79.9. The molecule has 1 saturated heterocycles. The summed E-state index contributed by atoms with van der Waals surface area (Å²) < 4.78 is 6.92. The molecule has 0 radical (unpaired) electrons. The molecule has 1 heterocycles. The van der Waals surface area contributed by atoms with E-state index in [1.54, 1.807) is 0 Å². The van der Waals surface area contributed by atoms with Crippen LogP contribution in [0.1, 0.15) is 43.9 Å².